The van der Waals surface area contributed by atoms with Crippen molar-refractivity contribution in [2.75, 3.05) is 5.32 Å². The van der Waals surface area contributed by atoms with Crippen LogP contribution in [0.2, 0.25) is 0 Å². The number of amides is 1. The quantitative estimate of drug-likeness (QED) is 0.398. The molecule has 0 spiro atoms. The number of hydrogen-bond acceptors (Lipinski definition) is 2. The summed E-state index contributed by atoms with van der Waals surface area (Å²) in [4.78, 5) is 24.4. The maximum atomic E-state index is 13.3. The Kier molecular flexibility index (Phi) is 7.50. The summed E-state index contributed by atoms with van der Waals surface area (Å²) in [5, 5.41) is 12.5. The van der Waals surface area contributed by atoms with E-state index >= 15 is 0 Å². The first-order valence-corrected chi connectivity index (χ1v) is 9.56. The molecule has 0 aliphatic heterocycles. The number of aryl methyl sites for hydroxylation is 1. The van der Waals surface area contributed by atoms with E-state index in [0.717, 1.165) is 12.1 Å². The third-order valence-corrected chi connectivity index (χ3v) is 5.20. The fraction of sp³-hybridized carbons (Fsp3) is 0.0833. The van der Waals surface area contributed by atoms with Crippen LogP contribution in [0.3, 0.4) is 0 Å². The number of halogens is 3. The number of benzene rings is 3. The van der Waals surface area contributed by atoms with Crippen LogP contribution in [-0.4, -0.2) is 72.9 Å². The monoisotopic (exact) mass is 478 g/mol. The average molecular weight is 479 g/mol. The normalized spacial score (nSPS) is 11.2. The Morgan fingerprint density at radius 3 is 2.27 bits per heavy atom. The molecule has 5 nitrogen and oxygen atoms in total. The van der Waals surface area contributed by atoms with Crippen LogP contribution in [0.25, 0.3) is 22.0 Å². The third-order valence-electron chi connectivity index (χ3n) is 5.20. The van der Waals surface area contributed by atoms with Gasteiger partial charge in [0.2, 0.25) is 0 Å². The van der Waals surface area contributed by atoms with Gasteiger partial charge in [0.05, 0.1) is 5.56 Å². The van der Waals surface area contributed by atoms with E-state index in [4.69, 9.17) is 0 Å². The fourth-order valence-corrected chi connectivity index (χ4v) is 3.61. The van der Waals surface area contributed by atoms with Crippen molar-refractivity contribution in [2.45, 2.75) is 6.18 Å². The number of nitrogens with one attached hydrogen (secondary N) is 1. The van der Waals surface area contributed by atoms with Crippen molar-refractivity contribution in [1.82, 2.24) is 4.57 Å². The van der Waals surface area contributed by atoms with E-state index in [1.54, 1.807) is 55.6 Å². The molecule has 33 heavy (non-hydrogen) atoms. The predicted octanol–water partition coefficient (Wildman–Crippen LogP) is 5.17. The van der Waals surface area contributed by atoms with E-state index in [0.29, 0.717) is 27.7 Å². The average Bonchev–Trinajstić information content (AvgIpc) is 3.09. The van der Waals surface area contributed by atoms with Crippen molar-refractivity contribution in [3.63, 3.8) is 0 Å². The molecule has 3 aromatic carbocycles. The van der Waals surface area contributed by atoms with E-state index in [1.165, 1.54) is 16.7 Å². The van der Waals surface area contributed by atoms with Crippen LogP contribution < -0.4 is 5.32 Å². The van der Waals surface area contributed by atoms with Crippen molar-refractivity contribution >= 4 is 79.9 Å². The molecular formula is C24H18F3KN2O3. The third kappa shape index (κ3) is 5.23. The number of aromatic carboxylic acids is 1. The van der Waals surface area contributed by atoms with E-state index in [1.807, 2.05) is 0 Å². The summed E-state index contributed by atoms with van der Waals surface area (Å²) in [6, 6.07) is 18.0. The van der Waals surface area contributed by atoms with Gasteiger partial charge in [-0.2, -0.15) is 13.2 Å². The topological polar surface area (TPSA) is 71.3 Å². The standard InChI is InChI=1S/C24H17F3N2O3.K.H/c1-29-20-10-8-17(11-15(20)12-21(29)23(31)32)28-22(30)19-13-16(24(25,26)27)7-9-18(19)14-5-3-2-4-6-14;;/h2-13H,1H3,(H,28,30)(H,31,32);;. The zero-order chi connectivity index (χ0) is 23.0. The van der Waals surface area contributed by atoms with Gasteiger partial charge in [0.1, 0.15) is 5.69 Å². The summed E-state index contributed by atoms with van der Waals surface area (Å²) in [6.07, 6.45) is -4.60. The zero-order valence-corrected chi connectivity index (χ0v) is 16.8. The molecule has 1 heterocycles. The number of alkyl halides is 3. The molecule has 0 radical (unpaired) electrons. The molecule has 0 saturated heterocycles. The number of carbonyl (C=O) groups is 2. The van der Waals surface area contributed by atoms with Gasteiger partial charge < -0.3 is 15.0 Å². The molecule has 4 aromatic rings. The Morgan fingerprint density at radius 2 is 1.64 bits per heavy atom. The number of aromatic nitrogens is 1. The molecular weight excluding hydrogens is 460 g/mol. The van der Waals surface area contributed by atoms with Gasteiger partial charge in [-0.3, -0.25) is 4.79 Å². The number of rotatable bonds is 4. The molecule has 0 aliphatic rings. The number of fused-ring (bicyclic) bond motifs is 1. The van der Waals surface area contributed by atoms with Gasteiger partial charge in [-0.25, -0.2) is 4.79 Å². The van der Waals surface area contributed by atoms with Gasteiger partial charge >= 0.3 is 63.5 Å². The Balaban J connectivity index is 0.00000306. The summed E-state index contributed by atoms with van der Waals surface area (Å²) in [7, 11) is 1.61. The number of hydrogen-bond donors (Lipinski definition) is 2. The number of carboxylic acids is 1. The predicted molar refractivity (Wildman–Crippen MR) is 122 cm³/mol. The molecule has 164 valence electrons. The van der Waals surface area contributed by atoms with Crippen LogP contribution >= 0.6 is 0 Å². The summed E-state index contributed by atoms with van der Waals surface area (Å²) < 4.78 is 41.4. The SMILES string of the molecule is Cn1c(C(=O)O)cc2cc(NC(=O)c3cc(C(F)(F)F)ccc3-c3ccccc3)ccc21.[KH]. The van der Waals surface area contributed by atoms with Crippen molar-refractivity contribution < 1.29 is 27.9 Å². The van der Waals surface area contributed by atoms with Crippen LogP contribution in [0.1, 0.15) is 26.4 Å². The van der Waals surface area contributed by atoms with Crippen LogP contribution in [0.4, 0.5) is 18.9 Å². The van der Waals surface area contributed by atoms with E-state index in [2.05, 4.69) is 5.32 Å². The molecule has 0 fully saturated rings. The van der Waals surface area contributed by atoms with Crippen LogP contribution in [0, 0.1) is 0 Å². The number of nitrogens with zero attached hydrogens (tertiary/aromatic N) is 1. The first-order chi connectivity index (χ1) is 15.1. The number of carbonyl (C=O) groups excluding carboxylic acids is 1. The van der Waals surface area contributed by atoms with Gasteiger partial charge in [-0.1, -0.05) is 36.4 Å². The summed E-state index contributed by atoms with van der Waals surface area (Å²) >= 11 is 0. The molecule has 0 bridgehead atoms. The Labute approximate surface area is 229 Å². The molecule has 1 amide bonds. The Hall–Kier alpha value is -2.43. The number of carboxylic acid groups (broad SMARTS) is 1. The summed E-state index contributed by atoms with van der Waals surface area (Å²) in [6.45, 7) is 0. The minimum absolute atomic E-state index is 0. The first kappa shape index (κ1) is 25.2. The molecule has 0 unspecified atom stereocenters. The summed E-state index contributed by atoms with van der Waals surface area (Å²) in [5.74, 6) is -1.80. The van der Waals surface area contributed by atoms with Crippen LogP contribution in [0.15, 0.2) is 72.8 Å². The maximum absolute atomic E-state index is 13.3. The van der Waals surface area contributed by atoms with E-state index in [-0.39, 0.29) is 62.6 Å². The second-order valence-corrected chi connectivity index (χ2v) is 7.25. The Morgan fingerprint density at radius 1 is 0.939 bits per heavy atom. The number of anilines is 1. The second kappa shape index (κ2) is 9.82. The van der Waals surface area contributed by atoms with Crippen molar-refractivity contribution in [3.05, 3.63) is 89.6 Å². The van der Waals surface area contributed by atoms with Gasteiger partial charge in [0, 0.05) is 29.2 Å². The van der Waals surface area contributed by atoms with Gasteiger partial charge in [0.25, 0.3) is 5.91 Å². The summed E-state index contributed by atoms with van der Waals surface area (Å²) in [5.41, 5.74) is 0.983. The molecule has 2 N–H and O–H groups in total. The molecule has 9 heteroatoms. The van der Waals surface area contributed by atoms with Gasteiger partial charge in [-0.05, 0) is 47.5 Å². The Bertz CT molecular complexity index is 1350. The molecule has 0 saturated carbocycles. The molecule has 0 atom stereocenters. The van der Waals surface area contributed by atoms with Crippen LogP contribution in [-0.2, 0) is 13.2 Å². The van der Waals surface area contributed by atoms with Crippen LogP contribution in [0.5, 0.6) is 0 Å². The second-order valence-electron chi connectivity index (χ2n) is 7.25. The molecule has 1 aromatic heterocycles. The first-order valence-electron chi connectivity index (χ1n) is 9.56. The van der Waals surface area contributed by atoms with Crippen molar-refractivity contribution in [3.8, 4) is 11.1 Å². The van der Waals surface area contributed by atoms with Gasteiger partial charge in [-0.15, -0.1) is 0 Å². The van der Waals surface area contributed by atoms with Crippen molar-refractivity contribution in [2.24, 2.45) is 7.05 Å². The van der Waals surface area contributed by atoms with Crippen molar-refractivity contribution in [1.29, 1.82) is 0 Å². The minimum atomic E-state index is -4.60. The van der Waals surface area contributed by atoms with Gasteiger partial charge in [0.15, 0.2) is 0 Å². The zero-order valence-electron chi connectivity index (χ0n) is 16.8. The molecule has 4 rings (SSSR count). The fourth-order valence-electron chi connectivity index (χ4n) is 3.61. The van der Waals surface area contributed by atoms with E-state index in [9.17, 15) is 27.9 Å². The molecule has 0 aliphatic carbocycles. The van der Waals surface area contributed by atoms with E-state index < -0.39 is 23.6 Å².